The molecule has 1 atom stereocenters. The van der Waals surface area contributed by atoms with Crippen LogP contribution in [0.25, 0.3) is 0 Å². The molecule has 0 saturated carbocycles. The summed E-state index contributed by atoms with van der Waals surface area (Å²) in [5.41, 5.74) is 1.38. The van der Waals surface area contributed by atoms with Gasteiger partial charge < -0.3 is 10.2 Å². The predicted octanol–water partition coefficient (Wildman–Crippen LogP) is 1.07. The van der Waals surface area contributed by atoms with Gasteiger partial charge in [-0.3, -0.25) is 0 Å². The van der Waals surface area contributed by atoms with Gasteiger partial charge in [-0.05, 0) is 18.6 Å². The molecule has 0 spiro atoms. The number of aromatic nitrogens is 1. The molecule has 1 unspecified atom stereocenters. The highest BCUT2D eigenvalue weighted by Gasteiger charge is 2.07. The van der Waals surface area contributed by atoms with Crippen molar-refractivity contribution >= 4 is 11.6 Å². The molecule has 12 heavy (non-hydrogen) atoms. The minimum Gasteiger partial charge on any atom is -0.393 e. The Hall–Kier alpha value is -0.640. The minimum absolute atomic E-state index is 0.303. The Kier molecular flexibility index (Phi) is 3.03. The van der Waals surface area contributed by atoms with Crippen molar-refractivity contribution in [2.75, 3.05) is 6.61 Å². The lowest BCUT2D eigenvalue weighted by Crippen LogP contribution is -2.03. The number of hydrogen-bond donors (Lipinski definition) is 2. The van der Waals surface area contributed by atoms with Crippen molar-refractivity contribution in [3.8, 4) is 0 Å². The van der Waals surface area contributed by atoms with E-state index in [4.69, 9.17) is 16.7 Å². The summed E-state index contributed by atoms with van der Waals surface area (Å²) >= 11 is 5.67. The average Bonchev–Trinajstić information content (AvgIpc) is 2.08. The van der Waals surface area contributed by atoms with Crippen LogP contribution < -0.4 is 0 Å². The second-order valence-corrected chi connectivity index (χ2v) is 2.93. The zero-order valence-corrected chi connectivity index (χ0v) is 7.41. The van der Waals surface area contributed by atoms with Crippen LogP contribution in [-0.2, 0) is 0 Å². The number of halogens is 1. The molecule has 1 heterocycles. The van der Waals surface area contributed by atoms with Crippen LogP contribution in [0.1, 0.15) is 17.2 Å². The maximum Gasteiger partial charge on any atom is 0.131 e. The molecule has 2 N–H and O–H groups in total. The summed E-state index contributed by atoms with van der Waals surface area (Å²) in [4.78, 5) is 3.84. The zero-order valence-electron chi connectivity index (χ0n) is 6.66. The van der Waals surface area contributed by atoms with Crippen LogP contribution in [0.15, 0.2) is 12.3 Å². The fraction of sp³-hybridized carbons (Fsp3) is 0.375. The van der Waals surface area contributed by atoms with E-state index in [9.17, 15) is 5.11 Å². The van der Waals surface area contributed by atoms with Gasteiger partial charge in [0.15, 0.2) is 0 Å². The van der Waals surface area contributed by atoms with Gasteiger partial charge in [0.2, 0.25) is 0 Å². The number of nitrogens with zero attached hydrogens (tertiary/aromatic N) is 1. The summed E-state index contributed by atoms with van der Waals surface area (Å²) in [5.74, 6) is 0. The number of aliphatic hydroxyl groups is 2. The number of aryl methyl sites for hydroxylation is 1. The van der Waals surface area contributed by atoms with E-state index >= 15 is 0 Å². The molecule has 0 fully saturated rings. The molecule has 0 aliphatic heterocycles. The Bertz CT molecular complexity index is 278. The highest BCUT2D eigenvalue weighted by Crippen LogP contribution is 2.17. The Morgan fingerprint density at radius 3 is 2.83 bits per heavy atom. The number of pyridine rings is 1. The zero-order chi connectivity index (χ0) is 9.14. The van der Waals surface area contributed by atoms with E-state index in [0.29, 0.717) is 10.7 Å². The fourth-order valence-corrected chi connectivity index (χ4v) is 0.971. The smallest absolute Gasteiger partial charge is 0.131 e. The van der Waals surface area contributed by atoms with E-state index in [-0.39, 0.29) is 6.61 Å². The minimum atomic E-state index is -0.867. The van der Waals surface area contributed by atoms with Gasteiger partial charge in [-0.2, -0.15) is 0 Å². The standard InChI is InChI=1S/C8H10ClNO2/c1-5-2-6(7(12)4-11)3-10-8(5)9/h2-3,7,11-12H,4H2,1H3. The monoisotopic (exact) mass is 187 g/mol. The third-order valence-corrected chi connectivity index (χ3v) is 1.99. The molecule has 0 bridgehead atoms. The summed E-state index contributed by atoms with van der Waals surface area (Å²) in [7, 11) is 0. The van der Waals surface area contributed by atoms with E-state index in [1.165, 1.54) is 6.20 Å². The molecular formula is C8H10ClNO2. The van der Waals surface area contributed by atoms with Gasteiger partial charge in [-0.1, -0.05) is 11.6 Å². The average molecular weight is 188 g/mol. The van der Waals surface area contributed by atoms with Crippen molar-refractivity contribution in [2.45, 2.75) is 13.0 Å². The van der Waals surface area contributed by atoms with Crippen molar-refractivity contribution < 1.29 is 10.2 Å². The van der Waals surface area contributed by atoms with E-state index in [2.05, 4.69) is 4.98 Å². The molecule has 0 aliphatic rings. The van der Waals surface area contributed by atoms with E-state index in [1.54, 1.807) is 13.0 Å². The number of rotatable bonds is 2. The second kappa shape index (κ2) is 3.85. The van der Waals surface area contributed by atoms with Crippen LogP contribution in [0.2, 0.25) is 5.15 Å². The molecule has 1 rings (SSSR count). The summed E-state index contributed by atoms with van der Waals surface area (Å²) in [5, 5.41) is 18.3. The van der Waals surface area contributed by atoms with Gasteiger partial charge >= 0.3 is 0 Å². The van der Waals surface area contributed by atoms with E-state index in [1.807, 2.05) is 0 Å². The molecule has 3 nitrogen and oxygen atoms in total. The first-order valence-corrected chi connectivity index (χ1v) is 3.94. The third-order valence-electron chi connectivity index (χ3n) is 1.59. The molecule has 0 aliphatic carbocycles. The third kappa shape index (κ3) is 1.94. The summed E-state index contributed by atoms with van der Waals surface area (Å²) < 4.78 is 0. The number of hydrogen-bond acceptors (Lipinski definition) is 3. The fourth-order valence-electron chi connectivity index (χ4n) is 0.867. The normalized spacial score (nSPS) is 13.0. The molecule has 1 aromatic rings. The van der Waals surface area contributed by atoms with Gasteiger partial charge in [0, 0.05) is 11.8 Å². The number of aliphatic hydroxyl groups excluding tert-OH is 2. The SMILES string of the molecule is Cc1cc(C(O)CO)cnc1Cl. The van der Waals surface area contributed by atoms with E-state index in [0.717, 1.165) is 5.56 Å². The molecule has 0 radical (unpaired) electrons. The Labute approximate surface area is 75.6 Å². The maximum atomic E-state index is 9.21. The quantitative estimate of drug-likeness (QED) is 0.681. The Balaban J connectivity index is 2.96. The van der Waals surface area contributed by atoms with Crippen LogP contribution in [-0.4, -0.2) is 21.8 Å². The lowest BCUT2D eigenvalue weighted by atomic mass is 10.1. The largest absolute Gasteiger partial charge is 0.393 e. The van der Waals surface area contributed by atoms with Crippen LogP contribution in [0.4, 0.5) is 0 Å². The van der Waals surface area contributed by atoms with Crippen LogP contribution in [0, 0.1) is 6.92 Å². The molecule has 0 amide bonds. The van der Waals surface area contributed by atoms with Gasteiger partial charge in [0.25, 0.3) is 0 Å². The first kappa shape index (κ1) is 9.45. The van der Waals surface area contributed by atoms with Gasteiger partial charge in [0.1, 0.15) is 11.3 Å². The molecule has 4 heteroatoms. The van der Waals surface area contributed by atoms with E-state index < -0.39 is 6.10 Å². The molecule has 0 saturated heterocycles. The Morgan fingerprint density at radius 2 is 2.33 bits per heavy atom. The maximum absolute atomic E-state index is 9.21. The van der Waals surface area contributed by atoms with Crippen molar-refractivity contribution in [1.82, 2.24) is 4.98 Å². The van der Waals surface area contributed by atoms with Crippen LogP contribution in [0.5, 0.6) is 0 Å². The second-order valence-electron chi connectivity index (χ2n) is 2.57. The highest BCUT2D eigenvalue weighted by molar-refractivity contribution is 6.30. The van der Waals surface area contributed by atoms with Crippen LogP contribution in [0.3, 0.4) is 0 Å². The highest BCUT2D eigenvalue weighted by atomic mass is 35.5. The van der Waals surface area contributed by atoms with Gasteiger partial charge in [-0.25, -0.2) is 4.98 Å². The topological polar surface area (TPSA) is 53.4 Å². The first-order chi connectivity index (χ1) is 5.65. The summed E-state index contributed by atoms with van der Waals surface area (Å²) in [6.07, 6.45) is 0.587. The first-order valence-electron chi connectivity index (χ1n) is 3.56. The van der Waals surface area contributed by atoms with Gasteiger partial charge in [0.05, 0.1) is 6.61 Å². The molecule has 0 aromatic carbocycles. The van der Waals surface area contributed by atoms with Crippen molar-refractivity contribution in [3.05, 3.63) is 28.5 Å². The van der Waals surface area contributed by atoms with Crippen molar-refractivity contribution in [2.24, 2.45) is 0 Å². The van der Waals surface area contributed by atoms with Crippen molar-refractivity contribution in [3.63, 3.8) is 0 Å². The predicted molar refractivity (Wildman–Crippen MR) is 46.0 cm³/mol. The van der Waals surface area contributed by atoms with Crippen LogP contribution >= 0.6 is 11.6 Å². The summed E-state index contributed by atoms with van der Waals surface area (Å²) in [6, 6.07) is 1.70. The summed E-state index contributed by atoms with van der Waals surface area (Å²) in [6.45, 7) is 1.49. The van der Waals surface area contributed by atoms with Crippen molar-refractivity contribution in [1.29, 1.82) is 0 Å². The lowest BCUT2D eigenvalue weighted by Gasteiger charge is -2.07. The molecular weight excluding hydrogens is 178 g/mol. The molecule has 66 valence electrons. The van der Waals surface area contributed by atoms with Gasteiger partial charge in [-0.15, -0.1) is 0 Å². The molecule has 1 aromatic heterocycles. The Morgan fingerprint density at radius 1 is 1.67 bits per heavy atom. The lowest BCUT2D eigenvalue weighted by molar-refractivity contribution is 0.0953.